The third kappa shape index (κ3) is 7.20. The predicted molar refractivity (Wildman–Crippen MR) is 125 cm³/mol. The molecule has 1 atom stereocenters. The number of anilines is 1. The average molecular weight is 499 g/mol. The molecular weight excluding hydrogens is 469 g/mol. The molecule has 0 heterocycles. The van der Waals surface area contributed by atoms with Gasteiger partial charge in [0, 0.05) is 5.69 Å². The lowest BCUT2D eigenvalue weighted by Gasteiger charge is -2.12. The highest BCUT2D eigenvalue weighted by atomic mass is 127. The first-order valence-electron chi connectivity index (χ1n) is 9.14. The second-order valence-electron chi connectivity index (χ2n) is 6.32. The number of hydrogen-bond donors (Lipinski definition) is 3. The second kappa shape index (κ2) is 12.5. The van der Waals surface area contributed by atoms with Gasteiger partial charge < -0.3 is 25.6 Å². The minimum Gasteiger partial charge on any atom is -0.493 e. The van der Waals surface area contributed by atoms with Gasteiger partial charge in [-0.2, -0.15) is 0 Å². The standard InChI is InChI=1S/C21H29N3O3.HI/c1-4-15(2)17-6-8-18(9-7-17)24-21(22)23-14-16-5-10-19(27-12-11-25)20(13-16)26-3;/h5-10,13,15,25H,4,11-12,14H2,1-3H3,(H3,22,23,24);1H. The molecule has 0 saturated carbocycles. The first kappa shape index (κ1) is 24.0. The molecule has 0 amide bonds. The van der Waals surface area contributed by atoms with Crippen molar-refractivity contribution >= 4 is 35.6 Å². The second-order valence-corrected chi connectivity index (χ2v) is 6.32. The number of halogens is 1. The molecule has 28 heavy (non-hydrogen) atoms. The number of hydrogen-bond acceptors (Lipinski definition) is 4. The van der Waals surface area contributed by atoms with E-state index in [1.807, 2.05) is 24.3 Å². The van der Waals surface area contributed by atoms with E-state index in [0.717, 1.165) is 17.7 Å². The Bertz CT molecular complexity index is 751. The Morgan fingerprint density at radius 1 is 1.18 bits per heavy atom. The zero-order chi connectivity index (χ0) is 19.6. The van der Waals surface area contributed by atoms with E-state index in [-0.39, 0.29) is 37.2 Å². The van der Waals surface area contributed by atoms with Crippen LogP contribution in [-0.4, -0.2) is 31.4 Å². The SMILES string of the molecule is CCC(C)c1ccc(NC(N)=NCc2ccc(OCCO)c(OC)c2)cc1.I. The van der Waals surface area contributed by atoms with E-state index in [1.54, 1.807) is 13.2 Å². The van der Waals surface area contributed by atoms with Gasteiger partial charge in [-0.05, 0) is 47.7 Å². The van der Waals surface area contributed by atoms with Crippen molar-refractivity contribution in [2.24, 2.45) is 10.7 Å². The summed E-state index contributed by atoms with van der Waals surface area (Å²) >= 11 is 0. The summed E-state index contributed by atoms with van der Waals surface area (Å²) in [5.74, 6) is 2.09. The number of aliphatic imine (C=N–C) groups is 1. The van der Waals surface area contributed by atoms with Gasteiger partial charge in [0.1, 0.15) is 6.61 Å². The lowest BCUT2D eigenvalue weighted by Crippen LogP contribution is -2.22. The highest BCUT2D eigenvalue weighted by Crippen LogP contribution is 2.28. The molecule has 0 fully saturated rings. The van der Waals surface area contributed by atoms with Gasteiger partial charge in [-0.25, -0.2) is 4.99 Å². The summed E-state index contributed by atoms with van der Waals surface area (Å²) in [5, 5.41) is 12.0. The molecule has 7 heteroatoms. The highest BCUT2D eigenvalue weighted by molar-refractivity contribution is 14.0. The van der Waals surface area contributed by atoms with E-state index in [2.05, 4.69) is 36.3 Å². The van der Waals surface area contributed by atoms with Crippen molar-refractivity contribution in [3.63, 3.8) is 0 Å². The molecule has 154 valence electrons. The summed E-state index contributed by atoms with van der Waals surface area (Å²) in [4.78, 5) is 4.38. The van der Waals surface area contributed by atoms with Crippen LogP contribution < -0.4 is 20.5 Å². The van der Waals surface area contributed by atoms with E-state index in [0.29, 0.717) is 29.9 Å². The number of ether oxygens (including phenoxy) is 2. The minimum absolute atomic E-state index is 0. The maximum atomic E-state index is 8.86. The molecule has 2 rings (SSSR count). The number of rotatable bonds is 9. The van der Waals surface area contributed by atoms with Gasteiger partial charge in [-0.3, -0.25) is 0 Å². The van der Waals surface area contributed by atoms with E-state index < -0.39 is 0 Å². The lowest BCUT2D eigenvalue weighted by atomic mass is 9.99. The minimum atomic E-state index is -0.0459. The summed E-state index contributed by atoms with van der Waals surface area (Å²) in [6.45, 7) is 4.99. The van der Waals surface area contributed by atoms with Crippen LogP contribution >= 0.6 is 24.0 Å². The first-order chi connectivity index (χ1) is 13.1. The van der Waals surface area contributed by atoms with Crippen LogP contribution in [0.25, 0.3) is 0 Å². The summed E-state index contributed by atoms with van der Waals surface area (Å²) in [5.41, 5.74) is 9.17. The van der Waals surface area contributed by atoms with E-state index in [1.165, 1.54) is 5.56 Å². The van der Waals surface area contributed by atoms with Crippen molar-refractivity contribution in [3.05, 3.63) is 53.6 Å². The molecule has 2 aromatic carbocycles. The molecule has 6 nitrogen and oxygen atoms in total. The van der Waals surface area contributed by atoms with Crippen LogP contribution in [0.5, 0.6) is 11.5 Å². The molecule has 0 aliphatic heterocycles. The Labute approximate surface area is 184 Å². The number of nitrogens with two attached hydrogens (primary N) is 1. The van der Waals surface area contributed by atoms with Gasteiger partial charge in [-0.1, -0.05) is 32.0 Å². The van der Waals surface area contributed by atoms with Gasteiger partial charge in [0.15, 0.2) is 17.5 Å². The maximum absolute atomic E-state index is 8.86. The Morgan fingerprint density at radius 3 is 2.50 bits per heavy atom. The normalized spacial score (nSPS) is 12.1. The van der Waals surface area contributed by atoms with Crippen molar-refractivity contribution in [2.45, 2.75) is 32.7 Å². The quantitative estimate of drug-likeness (QED) is 0.275. The van der Waals surface area contributed by atoms with Crippen molar-refractivity contribution in [2.75, 3.05) is 25.6 Å². The highest BCUT2D eigenvalue weighted by Gasteiger charge is 2.06. The number of aliphatic hydroxyl groups excluding tert-OH is 1. The molecule has 1 unspecified atom stereocenters. The number of methoxy groups -OCH3 is 1. The van der Waals surface area contributed by atoms with E-state index in [9.17, 15) is 0 Å². The van der Waals surface area contributed by atoms with Crippen LogP contribution in [0, 0.1) is 0 Å². The molecule has 4 N–H and O–H groups in total. The van der Waals surface area contributed by atoms with Crippen molar-refractivity contribution in [1.29, 1.82) is 0 Å². The monoisotopic (exact) mass is 499 g/mol. The fourth-order valence-electron chi connectivity index (χ4n) is 2.58. The topological polar surface area (TPSA) is 89.1 Å². The number of aliphatic hydroxyl groups is 1. The summed E-state index contributed by atoms with van der Waals surface area (Å²) in [6, 6.07) is 13.8. The Balaban J connectivity index is 0.00000392. The third-order valence-corrected chi connectivity index (χ3v) is 4.37. The van der Waals surface area contributed by atoms with E-state index in [4.69, 9.17) is 20.3 Å². The van der Waals surface area contributed by atoms with Gasteiger partial charge in [0.05, 0.1) is 20.3 Å². The van der Waals surface area contributed by atoms with Crippen molar-refractivity contribution < 1.29 is 14.6 Å². The Kier molecular flexibility index (Phi) is 10.7. The predicted octanol–water partition coefficient (Wildman–Crippen LogP) is 4.12. The molecule has 0 aliphatic carbocycles. The molecule has 0 bridgehead atoms. The van der Waals surface area contributed by atoms with Crippen LogP contribution in [0.1, 0.15) is 37.3 Å². The lowest BCUT2D eigenvalue weighted by molar-refractivity contribution is 0.196. The van der Waals surface area contributed by atoms with Crippen LogP contribution in [0.3, 0.4) is 0 Å². The zero-order valence-corrected chi connectivity index (χ0v) is 19.0. The smallest absolute Gasteiger partial charge is 0.193 e. The van der Waals surface area contributed by atoms with Crippen LogP contribution in [-0.2, 0) is 6.54 Å². The largest absolute Gasteiger partial charge is 0.493 e. The molecule has 2 aromatic rings. The number of nitrogens with one attached hydrogen (secondary N) is 1. The molecule has 0 aliphatic rings. The Hall–Kier alpha value is -2.00. The van der Waals surface area contributed by atoms with Crippen LogP contribution in [0.4, 0.5) is 5.69 Å². The summed E-state index contributed by atoms with van der Waals surface area (Å²) in [6.07, 6.45) is 1.11. The van der Waals surface area contributed by atoms with Gasteiger partial charge in [-0.15, -0.1) is 24.0 Å². The fraction of sp³-hybridized carbons (Fsp3) is 0.381. The molecular formula is C21H30IN3O3. The van der Waals surface area contributed by atoms with Crippen LogP contribution in [0.2, 0.25) is 0 Å². The first-order valence-corrected chi connectivity index (χ1v) is 9.14. The van der Waals surface area contributed by atoms with Gasteiger partial charge in [0.25, 0.3) is 0 Å². The summed E-state index contributed by atoms with van der Waals surface area (Å²) in [7, 11) is 1.58. The van der Waals surface area contributed by atoms with Crippen LogP contribution in [0.15, 0.2) is 47.5 Å². The fourth-order valence-corrected chi connectivity index (χ4v) is 2.58. The molecule has 0 aromatic heterocycles. The molecule has 0 spiro atoms. The number of nitrogens with zero attached hydrogens (tertiary/aromatic N) is 1. The van der Waals surface area contributed by atoms with Gasteiger partial charge in [0.2, 0.25) is 0 Å². The summed E-state index contributed by atoms with van der Waals surface area (Å²) < 4.78 is 10.7. The average Bonchev–Trinajstić information content (AvgIpc) is 2.70. The number of benzene rings is 2. The molecule has 0 radical (unpaired) electrons. The van der Waals surface area contributed by atoms with Gasteiger partial charge >= 0.3 is 0 Å². The molecule has 0 saturated heterocycles. The van der Waals surface area contributed by atoms with Crippen molar-refractivity contribution in [1.82, 2.24) is 0 Å². The Morgan fingerprint density at radius 2 is 1.89 bits per heavy atom. The van der Waals surface area contributed by atoms with E-state index >= 15 is 0 Å². The van der Waals surface area contributed by atoms with Crippen molar-refractivity contribution in [3.8, 4) is 11.5 Å². The zero-order valence-electron chi connectivity index (χ0n) is 16.6. The third-order valence-electron chi connectivity index (χ3n) is 4.37. The maximum Gasteiger partial charge on any atom is 0.193 e. The number of guanidine groups is 1.